The predicted octanol–water partition coefficient (Wildman–Crippen LogP) is 5.28. The highest BCUT2D eigenvalue weighted by Crippen LogP contribution is 2.34. The van der Waals surface area contributed by atoms with E-state index < -0.39 is 0 Å². The third kappa shape index (κ3) is 3.88. The van der Waals surface area contributed by atoms with Crippen molar-refractivity contribution in [2.45, 2.75) is 6.54 Å². The van der Waals surface area contributed by atoms with Gasteiger partial charge in [0.15, 0.2) is 11.5 Å². The first kappa shape index (κ1) is 16.1. The molecule has 0 radical (unpaired) electrons. The van der Waals surface area contributed by atoms with Crippen LogP contribution in [-0.2, 0) is 6.54 Å². The number of hydrogen-bond acceptors (Lipinski definition) is 3. The Morgan fingerprint density at radius 1 is 0.905 bits per heavy atom. The molecule has 0 aliphatic rings. The van der Waals surface area contributed by atoms with Crippen molar-refractivity contribution in [3.8, 4) is 11.5 Å². The quantitative estimate of drug-likeness (QED) is 0.799. The first-order valence-electron chi connectivity index (χ1n) is 6.14. The fraction of sp³-hybridized carbons (Fsp3) is 0.200. The van der Waals surface area contributed by atoms with Crippen LogP contribution in [0.5, 0.6) is 11.5 Å². The first-order valence-corrected chi connectivity index (χ1v) is 7.28. The number of benzene rings is 2. The molecule has 3 nitrogen and oxygen atoms in total. The molecule has 6 heteroatoms. The molecule has 0 fully saturated rings. The molecule has 0 saturated heterocycles. The van der Waals surface area contributed by atoms with Gasteiger partial charge in [0.25, 0.3) is 0 Å². The van der Waals surface area contributed by atoms with Crippen molar-refractivity contribution in [1.82, 2.24) is 0 Å². The maximum absolute atomic E-state index is 6.24. The van der Waals surface area contributed by atoms with Gasteiger partial charge in [0.1, 0.15) is 0 Å². The molecule has 21 heavy (non-hydrogen) atoms. The summed E-state index contributed by atoms with van der Waals surface area (Å²) in [7, 11) is 3.15. The van der Waals surface area contributed by atoms with Gasteiger partial charge in [-0.15, -0.1) is 0 Å². The number of ether oxygens (including phenoxy) is 2. The van der Waals surface area contributed by atoms with Crippen LogP contribution in [-0.4, -0.2) is 14.2 Å². The van der Waals surface area contributed by atoms with E-state index in [9.17, 15) is 0 Å². The second-order valence-electron chi connectivity index (χ2n) is 4.28. The van der Waals surface area contributed by atoms with Gasteiger partial charge in [0.05, 0.1) is 24.9 Å². The van der Waals surface area contributed by atoms with Crippen molar-refractivity contribution in [2.24, 2.45) is 0 Å². The van der Waals surface area contributed by atoms with E-state index in [2.05, 4.69) is 5.32 Å². The molecule has 2 aromatic carbocycles. The summed E-state index contributed by atoms with van der Waals surface area (Å²) < 4.78 is 10.5. The molecular formula is C15H14Cl3NO2. The van der Waals surface area contributed by atoms with Crippen LogP contribution < -0.4 is 14.8 Å². The Balaban J connectivity index is 2.21. The molecule has 0 spiro atoms. The zero-order valence-electron chi connectivity index (χ0n) is 11.5. The summed E-state index contributed by atoms with van der Waals surface area (Å²) in [5.41, 5.74) is 1.61. The molecule has 0 saturated carbocycles. The summed E-state index contributed by atoms with van der Waals surface area (Å²) >= 11 is 18.3. The molecule has 0 aliphatic carbocycles. The van der Waals surface area contributed by atoms with Gasteiger partial charge in [-0.25, -0.2) is 0 Å². The van der Waals surface area contributed by atoms with Crippen LogP contribution in [0, 0.1) is 0 Å². The van der Waals surface area contributed by atoms with Crippen molar-refractivity contribution in [2.75, 3.05) is 19.5 Å². The molecule has 0 aliphatic heterocycles. The second-order valence-corrected chi connectivity index (χ2v) is 5.53. The Bertz CT molecular complexity index is 647. The number of anilines is 1. The fourth-order valence-electron chi connectivity index (χ4n) is 1.86. The third-order valence-electron chi connectivity index (χ3n) is 2.95. The van der Waals surface area contributed by atoms with E-state index in [4.69, 9.17) is 44.3 Å². The maximum Gasteiger partial charge on any atom is 0.162 e. The molecule has 0 bridgehead atoms. The van der Waals surface area contributed by atoms with E-state index in [1.54, 1.807) is 38.5 Å². The van der Waals surface area contributed by atoms with E-state index >= 15 is 0 Å². The summed E-state index contributed by atoms with van der Waals surface area (Å²) in [5, 5.41) is 4.99. The maximum atomic E-state index is 6.24. The summed E-state index contributed by atoms with van der Waals surface area (Å²) in [6, 6.07) is 8.78. The summed E-state index contributed by atoms with van der Waals surface area (Å²) in [4.78, 5) is 0. The van der Waals surface area contributed by atoms with Gasteiger partial charge in [-0.1, -0.05) is 34.8 Å². The first-order chi connectivity index (χ1) is 10.0. The number of hydrogen-bond donors (Lipinski definition) is 1. The van der Waals surface area contributed by atoms with Crippen molar-refractivity contribution >= 4 is 40.5 Å². The van der Waals surface area contributed by atoms with Gasteiger partial charge >= 0.3 is 0 Å². The normalized spacial score (nSPS) is 10.3. The number of methoxy groups -OCH3 is 2. The molecule has 0 aromatic heterocycles. The Morgan fingerprint density at radius 2 is 1.57 bits per heavy atom. The largest absolute Gasteiger partial charge is 0.493 e. The summed E-state index contributed by atoms with van der Waals surface area (Å²) in [5.74, 6) is 1.21. The summed E-state index contributed by atoms with van der Waals surface area (Å²) in [6.45, 7) is 0.485. The van der Waals surface area contributed by atoms with E-state index in [0.29, 0.717) is 33.1 Å². The molecule has 2 rings (SSSR count). The smallest absolute Gasteiger partial charge is 0.162 e. The van der Waals surface area contributed by atoms with Crippen LogP contribution in [0.1, 0.15) is 5.56 Å². The lowest BCUT2D eigenvalue weighted by atomic mass is 10.2. The topological polar surface area (TPSA) is 30.5 Å². The minimum Gasteiger partial charge on any atom is -0.493 e. The lowest BCUT2D eigenvalue weighted by Gasteiger charge is -2.13. The van der Waals surface area contributed by atoms with Crippen molar-refractivity contribution in [3.63, 3.8) is 0 Å². The number of rotatable bonds is 5. The highest BCUT2D eigenvalue weighted by Gasteiger charge is 2.10. The van der Waals surface area contributed by atoms with E-state index in [0.717, 1.165) is 11.3 Å². The monoisotopic (exact) mass is 345 g/mol. The zero-order chi connectivity index (χ0) is 15.4. The van der Waals surface area contributed by atoms with E-state index in [-0.39, 0.29) is 0 Å². The van der Waals surface area contributed by atoms with Gasteiger partial charge in [-0.2, -0.15) is 0 Å². The Labute approximate surface area is 138 Å². The van der Waals surface area contributed by atoms with Crippen molar-refractivity contribution in [3.05, 3.63) is 51.0 Å². The van der Waals surface area contributed by atoms with Crippen LogP contribution in [0.2, 0.25) is 15.1 Å². The number of halogens is 3. The molecule has 0 unspecified atom stereocenters. The SMILES string of the molecule is COc1cc(Cl)c(CNc2cc(Cl)ccc2Cl)cc1OC. The Kier molecular flexibility index (Phi) is 5.45. The van der Waals surface area contributed by atoms with Gasteiger partial charge < -0.3 is 14.8 Å². The van der Waals surface area contributed by atoms with Gasteiger partial charge in [0, 0.05) is 22.7 Å². The molecule has 112 valence electrons. The Morgan fingerprint density at radius 3 is 2.24 bits per heavy atom. The lowest BCUT2D eigenvalue weighted by molar-refractivity contribution is 0.354. The highest BCUT2D eigenvalue weighted by atomic mass is 35.5. The molecule has 0 amide bonds. The van der Waals surface area contributed by atoms with E-state index in [1.807, 2.05) is 6.07 Å². The summed E-state index contributed by atoms with van der Waals surface area (Å²) in [6.07, 6.45) is 0. The van der Waals surface area contributed by atoms with E-state index in [1.165, 1.54) is 0 Å². The molecule has 0 atom stereocenters. The lowest BCUT2D eigenvalue weighted by Crippen LogP contribution is -2.02. The molecule has 1 N–H and O–H groups in total. The van der Waals surface area contributed by atoms with Crippen molar-refractivity contribution < 1.29 is 9.47 Å². The average molecular weight is 347 g/mol. The van der Waals surface area contributed by atoms with Crippen LogP contribution >= 0.6 is 34.8 Å². The fourth-order valence-corrected chi connectivity index (χ4v) is 2.43. The van der Waals surface area contributed by atoms with Gasteiger partial charge in [-0.05, 0) is 29.8 Å². The molecular weight excluding hydrogens is 333 g/mol. The minimum absolute atomic E-state index is 0.485. The van der Waals surface area contributed by atoms with Crippen LogP contribution in [0.3, 0.4) is 0 Å². The standard InChI is InChI=1S/C15H14Cl3NO2/c1-20-14-5-9(12(18)7-15(14)21-2)8-19-13-6-10(16)3-4-11(13)17/h3-7,19H,8H2,1-2H3. The van der Waals surface area contributed by atoms with Crippen molar-refractivity contribution in [1.29, 1.82) is 0 Å². The Hall–Kier alpha value is -1.29. The average Bonchev–Trinajstić information content (AvgIpc) is 2.48. The molecule has 0 heterocycles. The minimum atomic E-state index is 0.485. The van der Waals surface area contributed by atoms with Crippen LogP contribution in [0.15, 0.2) is 30.3 Å². The van der Waals surface area contributed by atoms with Gasteiger partial charge in [0.2, 0.25) is 0 Å². The predicted molar refractivity (Wildman–Crippen MR) is 88.3 cm³/mol. The second kappa shape index (κ2) is 7.12. The highest BCUT2D eigenvalue weighted by molar-refractivity contribution is 6.35. The van der Waals surface area contributed by atoms with Crippen LogP contribution in [0.25, 0.3) is 0 Å². The van der Waals surface area contributed by atoms with Crippen LogP contribution in [0.4, 0.5) is 5.69 Å². The molecule has 2 aromatic rings. The zero-order valence-corrected chi connectivity index (χ0v) is 13.8. The number of nitrogens with one attached hydrogen (secondary N) is 1. The third-order valence-corrected chi connectivity index (χ3v) is 3.87. The van der Waals surface area contributed by atoms with Gasteiger partial charge in [-0.3, -0.25) is 0 Å².